The van der Waals surface area contributed by atoms with Gasteiger partial charge in [-0.1, -0.05) is 54.6 Å². The van der Waals surface area contributed by atoms with Crippen LogP contribution < -0.4 is 0 Å². The molecule has 0 N–H and O–H groups in total. The Morgan fingerprint density at radius 1 is 0.609 bits per heavy atom. The molecule has 0 fully saturated rings. The molecular weight excluding hydrogens is 288 g/mol. The molecule has 0 aromatic heterocycles. The maximum absolute atomic E-state index is 12.3. The molecule has 0 radical (unpaired) electrons. The predicted octanol–water partition coefficient (Wildman–Crippen LogP) is 3.98. The lowest BCUT2D eigenvalue weighted by atomic mass is 9.87. The van der Waals surface area contributed by atoms with Crippen LogP contribution >= 0.6 is 0 Å². The zero-order chi connectivity index (χ0) is 17.0. The van der Waals surface area contributed by atoms with E-state index < -0.39 is 0 Å². The number of ketones is 3. The number of Topliss-reactive ketones (excluding diaryl/α,β-unsaturated/α-hetero) is 3. The second kappa shape index (κ2) is 6.97. The van der Waals surface area contributed by atoms with Gasteiger partial charge < -0.3 is 0 Å². The molecule has 0 saturated carbocycles. The minimum Gasteiger partial charge on any atom is -0.294 e. The van der Waals surface area contributed by atoms with Crippen LogP contribution in [0.5, 0.6) is 0 Å². The van der Waals surface area contributed by atoms with Gasteiger partial charge in [0.05, 0.1) is 0 Å². The average molecular weight is 306 g/mol. The Hall–Kier alpha value is -2.81. The standard InChI is InChI=1S/C20H18O3/c1-13(21)17-11-7-8-12-18(17)20(15(3)23)19(14(2)22)16-9-5-4-6-10-16/h4-12H,1-3H3. The molecule has 3 nitrogen and oxygen atoms in total. The van der Waals surface area contributed by atoms with E-state index in [-0.39, 0.29) is 22.9 Å². The quantitative estimate of drug-likeness (QED) is 0.477. The first-order chi connectivity index (χ1) is 10.9. The summed E-state index contributed by atoms with van der Waals surface area (Å²) >= 11 is 0. The Balaban J connectivity index is 2.87. The van der Waals surface area contributed by atoms with Crippen molar-refractivity contribution in [3.8, 4) is 0 Å². The van der Waals surface area contributed by atoms with Crippen LogP contribution in [0.4, 0.5) is 0 Å². The van der Waals surface area contributed by atoms with E-state index >= 15 is 0 Å². The summed E-state index contributed by atoms with van der Waals surface area (Å²) in [5.41, 5.74) is 2.23. The molecule has 0 saturated heterocycles. The highest BCUT2D eigenvalue weighted by atomic mass is 16.1. The third-order valence-corrected chi connectivity index (χ3v) is 3.59. The first-order valence-electron chi connectivity index (χ1n) is 7.35. The van der Waals surface area contributed by atoms with Gasteiger partial charge in [-0.15, -0.1) is 0 Å². The van der Waals surface area contributed by atoms with Crippen molar-refractivity contribution in [1.82, 2.24) is 0 Å². The Kier molecular flexibility index (Phi) is 5.02. The van der Waals surface area contributed by atoms with Crippen molar-refractivity contribution in [1.29, 1.82) is 0 Å². The van der Waals surface area contributed by atoms with Crippen molar-refractivity contribution in [2.45, 2.75) is 20.8 Å². The monoisotopic (exact) mass is 306 g/mol. The van der Waals surface area contributed by atoms with Gasteiger partial charge in [-0.25, -0.2) is 0 Å². The van der Waals surface area contributed by atoms with E-state index in [1.807, 2.05) is 18.2 Å². The third-order valence-electron chi connectivity index (χ3n) is 3.59. The van der Waals surface area contributed by atoms with Gasteiger partial charge in [0.25, 0.3) is 0 Å². The number of carbonyl (C=O) groups excluding carboxylic acids is 3. The summed E-state index contributed by atoms with van der Waals surface area (Å²) in [5.74, 6) is -0.595. The summed E-state index contributed by atoms with van der Waals surface area (Å²) in [7, 11) is 0. The van der Waals surface area contributed by atoms with Gasteiger partial charge in [-0.3, -0.25) is 14.4 Å². The largest absolute Gasteiger partial charge is 0.294 e. The van der Waals surface area contributed by atoms with Crippen molar-refractivity contribution in [3.63, 3.8) is 0 Å². The number of hydrogen-bond acceptors (Lipinski definition) is 3. The summed E-state index contributed by atoms with van der Waals surface area (Å²) in [6, 6.07) is 15.9. The molecule has 0 aliphatic heterocycles. The lowest BCUT2D eigenvalue weighted by molar-refractivity contribution is -0.113. The lowest BCUT2D eigenvalue weighted by Gasteiger charge is -2.14. The minimum absolute atomic E-state index is 0.143. The molecule has 0 bridgehead atoms. The van der Waals surface area contributed by atoms with Crippen molar-refractivity contribution in [2.75, 3.05) is 0 Å². The highest BCUT2D eigenvalue weighted by Gasteiger charge is 2.22. The fourth-order valence-electron chi connectivity index (χ4n) is 2.64. The third kappa shape index (κ3) is 3.51. The molecular formula is C20H18O3. The predicted molar refractivity (Wildman–Crippen MR) is 91.1 cm³/mol. The number of benzene rings is 2. The van der Waals surface area contributed by atoms with Gasteiger partial charge in [0.2, 0.25) is 0 Å². The van der Waals surface area contributed by atoms with Crippen LogP contribution in [-0.2, 0) is 9.59 Å². The number of rotatable bonds is 5. The summed E-state index contributed by atoms with van der Waals surface area (Å²) in [4.78, 5) is 36.5. The minimum atomic E-state index is -0.243. The molecule has 0 aliphatic rings. The van der Waals surface area contributed by atoms with Crippen molar-refractivity contribution < 1.29 is 14.4 Å². The zero-order valence-corrected chi connectivity index (χ0v) is 13.4. The van der Waals surface area contributed by atoms with E-state index in [0.29, 0.717) is 22.3 Å². The van der Waals surface area contributed by atoms with Crippen LogP contribution in [0, 0.1) is 0 Å². The second-order valence-corrected chi connectivity index (χ2v) is 5.33. The van der Waals surface area contributed by atoms with Crippen LogP contribution in [-0.4, -0.2) is 17.3 Å². The molecule has 0 heterocycles. The van der Waals surface area contributed by atoms with Gasteiger partial charge >= 0.3 is 0 Å². The fourth-order valence-corrected chi connectivity index (χ4v) is 2.64. The van der Waals surface area contributed by atoms with Crippen LogP contribution in [0.2, 0.25) is 0 Å². The van der Waals surface area contributed by atoms with E-state index in [4.69, 9.17) is 0 Å². The first kappa shape index (κ1) is 16.6. The van der Waals surface area contributed by atoms with Gasteiger partial charge in [-0.2, -0.15) is 0 Å². The lowest BCUT2D eigenvalue weighted by Crippen LogP contribution is -2.10. The normalized spacial score (nSPS) is 11.6. The van der Waals surface area contributed by atoms with Gasteiger partial charge in [0, 0.05) is 16.7 Å². The highest BCUT2D eigenvalue weighted by Crippen LogP contribution is 2.30. The van der Waals surface area contributed by atoms with E-state index in [1.54, 1.807) is 36.4 Å². The summed E-state index contributed by atoms with van der Waals surface area (Å²) < 4.78 is 0. The molecule has 0 aliphatic carbocycles. The Morgan fingerprint density at radius 3 is 1.57 bits per heavy atom. The summed E-state index contributed by atoms with van der Waals surface area (Å²) in [6.45, 7) is 4.30. The molecule has 3 heteroatoms. The Labute approximate surface area is 135 Å². The average Bonchev–Trinajstić information content (AvgIpc) is 2.52. The maximum atomic E-state index is 12.3. The van der Waals surface area contributed by atoms with E-state index in [0.717, 1.165) is 0 Å². The topological polar surface area (TPSA) is 51.2 Å². The molecule has 0 spiro atoms. The Morgan fingerprint density at radius 2 is 1.09 bits per heavy atom. The summed E-state index contributed by atoms with van der Waals surface area (Å²) in [5, 5.41) is 0. The molecule has 0 amide bonds. The van der Waals surface area contributed by atoms with Crippen molar-refractivity contribution in [2.24, 2.45) is 0 Å². The van der Waals surface area contributed by atoms with Gasteiger partial charge in [0.15, 0.2) is 17.3 Å². The van der Waals surface area contributed by atoms with E-state index in [1.165, 1.54) is 20.8 Å². The molecule has 2 rings (SSSR count). The molecule has 0 unspecified atom stereocenters. The van der Waals surface area contributed by atoms with Crippen LogP contribution in [0.25, 0.3) is 11.1 Å². The fraction of sp³-hybridized carbons (Fsp3) is 0.150. The van der Waals surface area contributed by atoms with E-state index in [2.05, 4.69) is 0 Å². The molecule has 0 atom stereocenters. The molecule has 23 heavy (non-hydrogen) atoms. The maximum Gasteiger partial charge on any atom is 0.161 e. The molecule has 2 aromatic carbocycles. The van der Waals surface area contributed by atoms with Gasteiger partial charge in [0.1, 0.15) is 0 Å². The number of hydrogen-bond donors (Lipinski definition) is 0. The Bertz CT molecular complexity index is 799. The van der Waals surface area contributed by atoms with Crippen molar-refractivity contribution in [3.05, 3.63) is 71.3 Å². The molecule has 116 valence electrons. The summed E-state index contributed by atoms with van der Waals surface area (Å²) in [6.07, 6.45) is 0. The second-order valence-electron chi connectivity index (χ2n) is 5.33. The molecule has 2 aromatic rings. The van der Waals surface area contributed by atoms with Crippen LogP contribution in [0.3, 0.4) is 0 Å². The first-order valence-corrected chi connectivity index (χ1v) is 7.35. The number of carbonyl (C=O) groups is 3. The van der Waals surface area contributed by atoms with Crippen LogP contribution in [0.1, 0.15) is 42.3 Å². The smallest absolute Gasteiger partial charge is 0.161 e. The number of allylic oxidation sites excluding steroid dienone is 2. The van der Waals surface area contributed by atoms with Crippen LogP contribution in [0.15, 0.2) is 54.6 Å². The van der Waals surface area contributed by atoms with E-state index in [9.17, 15) is 14.4 Å². The van der Waals surface area contributed by atoms with Crippen molar-refractivity contribution >= 4 is 28.5 Å². The van der Waals surface area contributed by atoms with Gasteiger partial charge in [-0.05, 0) is 31.9 Å². The zero-order valence-electron chi connectivity index (χ0n) is 13.4. The SMILES string of the molecule is CC(=O)C(=C(C(C)=O)c1ccccc1C(C)=O)c1ccccc1. The highest BCUT2D eigenvalue weighted by molar-refractivity contribution is 6.40.